The average molecular weight is 546 g/mol. The first-order valence-electron chi connectivity index (χ1n) is 11.4. The Bertz CT molecular complexity index is 695. The van der Waals surface area contributed by atoms with Crippen molar-refractivity contribution in [1.29, 1.82) is 0 Å². The van der Waals surface area contributed by atoms with Gasteiger partial charge in [-0.05, 0) is 62.5 Å². The van der Waals surface area contributed by atoms with E-state index >= 15 is 0 Å². The molecule has 0 unspecified atom stereocenters. The quantitative estimate of drug-likeness (QED) is 0.283. The number of ether oxygens (including phenoxy) is 2. The summed E-state index contributed by atoms with van der Waals surface area (Å²) in [7, 11) is 3.39. The number of halogens is 1. The van der Waals surface area contributed by atoms with E-state index in [1.165, 1.54) is 43.5 Å². The number of likely N-dealkylation sites (tertiary alicyclic amines) is 1. The van der Waals surface area contributed by atoms with E-state index in [1.54, 1.807) is 14.2 Å². The number of guanidine groups is 1. The minimum absolute atomic E-state index is 0. The number of nitrogens with zero attached hydrogens (tertiary/aromatic N) is 3. The second kappa shape index (κ2) is 14.0. The summed E-state index contributed by atoms with van der Waals surface area (Å²) in [4.78, 5) is 9.79. The smallest absolute Gasteiger partial charge is 0.191 e. The van der Waals surface area contributed by atoms with Crippen LogP contribution in [0.5, 0.6) is 11.5 Å². The van der Waals surface area contributed by atoms with Gasteiger partial charge in [-0.15, -0.1) is 24.0 Å². The predicted molar refractivity (Wildman–Crippen MR) is 138 cm³/mol. The molecule has 0 spiro atoms. The molecule has 31 heavy (non-hydrogen) atoms. The molecule has 0 radical (unpaired) electrons. The van der Waals surface area contributed by atoms with Crippen LogP contribution in [0, 0.1) is 0 Å². The second-order valence-electron chi connectivity index (χ2n) is 8.09. The van der Waals surface area contributed by atoms with Gasteiger partial charge in [0.15, 0.2) is 17.5 Å². The minimum atomic E-state index is 0. The Morgan fingerprint density at radius 3 is 2.32 bits per heavy atom. The van der Waals surface area contributed by atoms with Crippen LogP contribution < -0.4 is 20.1 Å². The van der Waals surface area contributed by atoms with Crippen molar-refractivity contribution in [3.8, 4) is 11.5 Å². The van der Waals surface area contributed by atoms with Crippen molar-refractivity contribution in [2.24, 2.45) is 4.99 Å². The maximum absolute atomic E-state index is 5.48. The molecule has 3 rings (SSSR count). The van der Waals surface area contributed by atoms with Crippen LogP contribution in [0.4, 0.5) is 0 Å². The Morgan fingerprint density at radius 2 is 1.65 bits per heavy atom. The van der Waals surface area contributed by atoms with Crippen molar-refractivity contribution in [3.05, 3.63) is 23.3 Å². The lowest BCUT2D eigenvalue weighted by Crippen LogP contribution is -2.43. The van der Waals surface area contributed by atoms with E-state index in [-0.39, 0.29) is 24.0 Å². The SMILES string of the molecule is CCNC(=NCCN1CCCCC1)NCCN1CCc2cc(OC)c(OC)cc2C1.I. The molecular weight excluding hydrogens is 505 g/mol. The third kappa shape index (κ3) is 7.98. The van der Waals surface area contributed by atoms with Gasteiger partial charge in [0.1, 0.15) is 0 Å². The molecule has 2 N–H and O–H groups in total. The van der Waals surface area contributed by atoms with E-state index in [0.717, 1.165) is 69.7 Å². The van der Waals surface area contributed by atoms with Crippen molar-refractivity contribution in [3.63, 3.8) is 0 Å². The summed E-state index contributed by atoms with van der Waals surface area (Å²) in [5.74, 6) is 2.56. The molecule has 1 aromatic rings. The molecule has 176 valence electrons. The van der Waals surface area contributed by atoms with Crippen LogP contribution in [-0.2, 0) is 13.0 Å². The molecule has 2 aliphatic heterocycles. The largest absolute Gasteiger partial charge is 0.493 e. The molecule has 0 atom stereocenters. The number of nitrogens with one attached hydrogen (secondary N) is 2. The maximum Gasteiger partial charge on any atom is 0.191 e. The van der Waals surface area contributed by atoms with Gasteiger partial charge >= 0.3 is 0 Å². The first kappa shape index (κ1) is 26.0. The molecule has 2 aliphatic rings. The van der Waals surface area contributed by atoms with Crippen LogP contribution in [0.15, 0.2) is 17.1 Å². The third-order valence-corrected chi connectivity index (χ3v) is 6.00. The van der Waals surface area contributed by atoms with E-state index in [1.807, 2.05) is 0 Å². The molecule has 0 bridgehead atoms. The Kier molecular flexibility index (Phi) is 11.7. The number of rotatable bonds is 9. The lowest BCUT2D eigenvalue weighted by Gasteiger charge is -2.29. The number of hydrogen-bond donors (Lipinski definition) is 2. The molecule has 0 aromatic heterocycles. The Balaban J connectivity index is 0.00000341. The fourth-order valence-electron chi connectivity index (χ4n) is 4.29. The zero-order valence-electron chi connectivity index (χ0n) is 19.4. The van der Waals surface area contributed by atoms with Crippen molar-refractivity contribution >= 4 is 29.9 Å². The highest BCUT2D eigenvalue weighted by molar-refractivity contribution is 14.0. The van der Waals surface area contributed by atoms with E-state index in [4.69, 9.17) is 14.5 Å². The van der Waals surface area contributed by atoms with E-state index in [2.05, 4.69) is 39.5 Å². The first-order chi connectivity index (χ1) is 14.7. The topological polar surface area (TPSA) is 61.4 Å². The van der Waals surface area contributed by atoms with Gasteiger partial charge < -0.3 is 25.0 Å². The molecule has 2 heterocycles. The number of aliphatic imine (C=N–C) groups is 1. The molecule has 7 nitrogen and oxygen atoms in total. The molecular formula is C23H40IN5O2. The van der Waals surface area contributed by atoms with Gasteiger partial charge in [0.25, 0.3) is 0 Å². The van der Waals surface area contributed by atoms with Gasteiger partial charge in [0, 0.05) is 39.3 Å². The van der Waals surface area contributed by atoms with Gasteiger partial charge in [-0.2, -0.15) is 0 Å². The lowest BCUT2D eigenvalue weighted by atomic mass is 9.99. The molecule has 1 aromatic carbocycles. The number of fused-ring (bicyclic) bond motifs is 1. The van der Waals surface area contributed by atoms with Crippen LogP contribution in [-0.4, -0.2) is 82.3 Å². The zero-order valence-corrected chi connectivity index (χ0v) is 21.7. The van der Waals surface area contributed by atoms with Crippen LogP contribution in [0.1, 0.15) is 37.3 Å². The lowest BCUT2D eigenvalue weighted by molar-refractivity contribution is 0.235. The van der Waals surface area contributed by atoms with Crippen molar-refractivity contribution < 1.29 is 9.47 Å². The Morgan fingerprint density at radius 1 is 0.935 bits per heavy atom. The van der Waals surface area contributed by atoms with Crippen LogP contribution >= 0.6 is 24.0 Å². The zero-order chi connectivity index (χ0) is 21.2. The number of benzene rings is 1. The van der Waals surface area contributed by atoms with Gasteiger partial charge in [0.2, 0.25) is 0 Å². The predicted octanol–water partition coefficient (Wildman–Crippen LogP) is 2.72. The summed E-state index contributed by atoms with van der Waals surface area (Å²) in [6.07, 6.45) is 5.09. The fourth-order valence-corrected chi connectivity index (χ4v) is 4.29. The summed E-state index contributed by atoms with van der Waals surface area (Å²) in [5.41, 5.74) is 2.70. The highest BCUT2D eigenvalue weighted by Gasteiger charge is 2.19. The summed E-state index contributed by atoms with van der Waals surface area (Å²) in [5, 5.41) is 6.88. The molecule has 1 saturated heterocycles. The second-order valence-corrected chi connectivity index (χ2v) is 8.09. The Hall–Kier alpha value is -1.26. The van der Waals surface area contributed by atoms with Gasteiger partial charge in [0.05, 0.1) is 20.8 Å². The monoisotopic (exact) mass is 545 g/mol. The summed E-state index contributed by atoms with van der Waals surface area (Å²) in [6.45, 7) is 11.3. The summed E-state index contributed by atoms with van der Waals surface area (Å²) in [6, 6.07) is 4.25. The minimum Gasteiger partial charge on any atom is -0.493 e. The van der Waals surface area contributed by atoms with Crippen LogP contribution in [0.3, 0.4) is 0 Å². The van der Waals surface area contributed by atoms with Gasteiger partial charge in [-0.25, -0.2) is 0 Å². The number of hydrogen-bond acceptors (Lipinski definition) is 5. The normalized spacial score (nSPS) is 17.5. The molecule has 1 fully saturated rings. The van der Waals surface area contributed by atoms with Crippen molar-refractivity contribution in [2.75, 3.05) is 66.6 Å². The van der Waals surface area contributed by atoms with Crippen molar-refractivity contribution in [1.82, 2.24) is 20.4 Å². The van der Waals surface area contributed by atoms with E-state index in [9.17, 15) is 0 Å². The summed E-state index contributed by atoms with van der Waals surface area (Å²) < 4.78 is 10.9. The number of methoxy groups -OCH3 is 2. The van der Waals surface area contributed by atoms with Gasteiger partial charge in [-0.3, -0.25) is 9.89 Å². The van der Waals surface area contributed by atoms with Gasteiger partial charge in [-0.1, -0.05) is 6.42 Å². The van der Waals surface area contributed by atoms with Crippen molar-refractivity contribution in [2.45, 2.75) is 39.2 Å². The van der Waals surface area contributed by atoms with Crippen LogP contribution in [0.2, 0.25) is 0 Å². The standard InChI is InChI=1S/C23H39N5O2.HI/c1-4-24-23(25-9-14-27-11-6-5-7-12-27)26-10-15-28-13-8-19-16-21(29-2)22(30-3)17-20(19)18-28;/h16-17H,4-15,18H2,1-3H3,(H2,24,25,26);1H. The molecule has 0 saturated carbocycles. The Labute approximate surface area is 205 Å². The van der Waals surface area contributed by atoms with Crippen LogP contribution in [0.25, 0.3) is 0 Å². The van der Waals surface area contributed by atoms with E-state index < -0.39 is 0 Å². The fraction of sp³-hybridized carbons (Fsp3) is 0.696. The molecule has 8 heteroatoms. The highest BCUT2D eigenvalue weighted by Crippen LogP contribution is 2.33. The molecule has 0 amide bonds. The first-order valence-corrected chi connectivity index (χ1v) is 11.4. The number of piperidine rings is 1. The summed E-state index contributed by atoms with van der Waals surface area (Å²) >= 11 is 0. The maximum atomic E-state index is 5.48. The van der Waals surface area contributed by atoms with E-state index in [0.29, 0.717) is 0 Å². The third-order valence-electron chi connectivity index (χ3n) is 6.00. The highest BCUT2D eigenvalue weighted by atomic mass is 127. The molecule has 0 aliphatic carbocycles. The average Bonchev–Trinajstić information content (AvgIpc) is 2.78.